The van der Waals surface area contributed by atoms with E-state index in [2.05, 4.69) is 5.32 Å². The van der Waals surface area contributed by atoms with Crippen LogP contribution in [0.4, 0.5) is 10.1 Å². The molecular formula is C19H17ClFNO4. The highest BCUT2D eigenvalue weighted by Gasteiger charge is 2.18. The largest absolute Gasteiger partial charge is 0.495 e. The maximum Gasteiger partial charge on any atom is 0.331 e. The van der Waals surface area contributed by atoms with Crippen LogP contribution < -0.4 is 10.1 Å². The Bertz CT molecular complexity index is 821. The fourth-order valence-electron chi connectivity index (χ4n) is 2.02. The summed E-state index contributed by atoms with van der Waals surface area (Å²) in [7, 11) is 1.46. The van der Waals surface area contributed by atoms with Crippen LogP contribution in [0.3, 0.4) is 0 Å². The number of hydrogen-bond donors (Lipinski definition) is 1. The summed E-state index contributed by atoms with van der Waals surface area (Å²) in [6.45, 7) is 1.44. The predicted octanol–water partition coefficient (Wildman–Crippen LogP) is 4.07. The van der Waals surface area contributed by atoms with E-state index >= 15 is 0 Å². The number of halogens is 2. The summed E-state index contributed by atoms with van der Waals surface area (Å²) in [5.41, 5.74) is 0.999. The molecular weight excluding hydrogens is 361 g/mol. The van der Waals surface area contributed by atoms with E-state index in [1.165, 1.54) is 50.4 Å². The van der Waals surface area contributed by atoms with E-state index in [1.807, 2.05) is 0 Å². The molecule has 0 spiro atoms. The minimum Gasteiger partial charge on any atom is -0.495 e. The number of rotatable bonds is 6. The molecule has 26 heavy (non-hydrogen) atoms. The maximum atomic E-state index is 12.8. The predicted molar refractivity (Wildman–Crippen MR) is 97.6 cm³/mol. The summed E-state index contributed by atoms with van der Waals surface area (Å²) in [4.78, 5) is 24.0. The lowest BCUT2D eigenvalue weighted by atomic mass is 10.2. The highest BCUT2D eigenvalue weighted by Crippen LogP contribution is 2.27. The first-order chi connectivity index (χ1) is 12.4. The summed E-state index contributed by atoms with van der Waals surface area (Å²) < 4.78 is 23.0. The summed E-state index contributed by atoms with van der Waals surface area (Å²) in [5.74, 6) is -1.17. The van der Waals surface area contributed by atoms with Crippen molar-refractivity contribution < 1.29 is 23.5 Å². The first-order valence-electron chi connectivity index (χ1n) is 7.67. The monoisotopic (exact) mass is 377 g/mol. The van der Waals surface area contributed by atoms with Gasteiger partial charge in [0, 0.05) is 11.1 Å². The van der Waals surface area contributed by atoms with Gasteiger partial charge in [-0.1, -0.05) is 23.7 Å². The van der Waals surface area contributed by atoms with Crippen LogP contribution in [0.5, 0.6) is 5.75 Å². The quantitative estimate of drug-likeness (QED) is 0.608. The summed E-state index contributed by atoms with van der Waals surface area (Å²) in [5, 5.41) is 3.02. The molecule has 1 amide bonds. The van der Waals surface area contributed by atoms with Crippen molar-refractivity contribution in [2.75, 3.05) is 12.4 Å². The second kappa shape index (κ2) is 9.01. The lowest BCUT2D eigenvalue weighted by Gasteiger charge is -2.14. The van der Waals surface area contributed by atoms with Crippen molar-refractivity contribution in [3.63, 3.8) is 0 Å². The first-order valence-corrected chi connectivity index (χ1v) is 8.05. The molecule has 0 radical (unpaired) electrons. The minimum absolute atomic E-state index is 0.369. The highest BCUT2D eigenvalue weighted by molar-refractivity contribution is 6.31. The highest BCUT2D eigenvalue weighted by atomic mass is 35.5. The Kier molecular flexibility index (Phi) is 6.74. The molecule has 1 atom stereocenters. The molecule has 5 nitrogen and oxygen atoms in total. The molecule has 1 N–H and O–H groups in total. The van der Waals surface area contributed by atoms with Gasteiger partial charge in [0.05, 0.1) is 12.8 Å². The number of ether oxygens (including phenoxy) is 2. The van der Waals surface area contributed by atoms with Crippen molar-refractivity contribution >= 4 is 35.2 Å². The maximum absolute atomic E-state index is 12.8. The van der Waals surface area contributed by atoms with Gasteiger partial charge < -0.3 is 14.8 Å². The SMILES string of the molecule is COc1ccc(Cl)cc1NC(=O)[C@@H](C)OC(=O)/C=C/c1ccc(F)cc1. The fraction of sp³-hybridized carbons (Fsp3) is 0.158. The van der Waals surface area contributed by atoms with Gasteiger partial charge >= 0.3 is 5.97 Å². The van der Waals surface area contributed by atoms with Crippen LogP contribution in [0.25, 0.3) is 6.08 Å². The van der Waals surface area contributed by atoms with Gasteiger partial charge in [-0.3, -0.25) is 4.79 Å². The smallest absolute Gasteiger partial charge is 0.331 e. The van der Waals surface area contributed by atoms with Crippen molar-refractivity contribution in [3.05, 3.63) is 64.9 Å². The summed E-state index contributed by atoms with van der Waals surface area (Å²) in [6.07, 6.45) is 1.59. The topological polar surface area (TPSA) is 64.6 Å². The van der Waals surface area contributed by atoms with E-state index in [9.17, 15) is 14.0 Å². The first kappa shape index (κ1) is 19.5. The van der Waals surface area contributed by atoms with Gasteiger partial charge in [0.2, 0.25) is 0 Å². The zero-order chi connectivity index (χ0) is 19.1. The van der Waals surface area contributed by atoms with Crippen LogP contribution in [-0.2, 0) is 14.3 Å². The molecule has 0 aliphatic rings. The molecule has 0 aliphatic heterocycles. The second-order valence-corrected chi connectivity index (χ2v) is 5.73. The number of methoxy groups -OCH3 is 1. The number of benzene rings is 2. The average Bonchev–Trinajstić information content (AvgIpc) is 2.61. The molecule has 0 saturated heterocycles. The van der Waals surface area contributed by atoms with Crippen LogP contribution in [0.1, 0.15) is 12.5 Å². The van der Waals surface area contributed by atoms with Crippen molar-refractivity contribution in [3.8, 4) is 5.75 Å². The van der Waals surface area contributed by atoms with E-state index in [1.54, 1.807) is 12.1 Å². The third-order valence-electron chi connectivity index (χ3n) is 3.36. The molecule has 0 heterocycles. The zero-order valence-electron chi connectivity index (χ0n) is 14.2. The normalized spacial score (nSPS) is 11.8. The number of anilines is 1. The van der Waals surface area contributed by atoms with E-state index in [0.29, 0.717) is 22.0 Å². The summed E-state index contributed by atoms with van der Waals surface area (Å²) in [6, 6.07) is 10.3. The molecule has 2 aromatic carbocycles. The lowest BCUT2D eigenvalue weighted by molar-refractivity contribution is -0.148. The van der Waals surface area contributed by atoms with E-state index < -0.39 is 18.0 Å². The molecule has 7 heteroatoms. The van der Waals surface area contributed by atoms with Gasteiger partial charge in [0.15, 0.2) is 6.10 Å². The molecule has 0 saturated carbocycles. The number of nitrogens with one attached hydrogen (secondary N) is 1. The molecule has 0 aliphatic carbocycles. The van der Waals surface area contributed by atoms with Crippen molar-refractivity contribution in [2.24, 2.45) is 0 Å². The van der Waals surface area contributed by atoms with Crippen LogP contribution in [-0.4, -0.2) is 25.1 Å². The van der Waals surface area contributed by atoms with Gasteiger partial charge in [0.25, 0.3) is 5.91 Å². The molecule has 0 fully saturated rings. The van der Waals surface area contributed by atoms with Gasteiger partial charge in [0.1, 0.15) is 11.6 Å². The number of carbonyl (C=O) groups is 2. The van der Waals surface area contributed by atoms with E-state index in [0.717, 1.165) is 6.08 Å². The Hall–Kier alpha value is -2.86. The molecule has 0 aromatic heterocycles. The lowest BCUT2D eigenvalue weighted by Crippen LogP contribution is -2.29. The third kappa shape index (κ3) is 5.60. The molecule has 2 rings (SSSR count). The molecule has 0 unspecified atom stereocenters. The summed E-state index contributed by atoms with van der Waals surface area (Å²) >= 11 is 5.91. The van der Waals surface area contributed by atoms with Gasteiger partial charge in [-0.25, -0.2) is 9.18 Å². The Morgan fingerprint density at radius 3 is 2.54 bits per heavy atom. The number of hydrogen-bond acceptors (Lipinski definition) is 4. The van der Waals surface area contributed by atoms with Gasteiger partial charge in [-0.2, -0.15) is 0 Å². The van der Waals surface area contributed by atoms with Crippen molar-refractivity contribution in [2.45, 2.75) is 13.0 Å². The number of esters is 1. The Morgan fingerprint density at radius 2 is 1.88 bits per heavy atom. The Labute approximate surface area is 155 Å². The van der Waals surface area contributed by atoms with Crippen LogP contribution >= 0.6 is 11.6 Å². The fourth-order valence-corrected chi connectivity index (χ4v) is 2.19. The standard InChI is InChI=1S/C19H17ClFNO4/c1-12(19(24)22-16-11-14(20)6-9-17(16)25-2)26-18(23)10-5-13-3-7-15(21)8-4-13/h3-12H,1-2H3,(H,22,24)/b10-5+/t12-/m1/s1. The zero-order valence-corrected chi connectivity index (χ0v) is 14.9. The van der Waals surface area contributed by atoms with Gasteiger partial charge in [-0.15, -0.1) is 0 Å². The molecule has 0 bridgehead atoms. The van der Waals surface area contributed by atoms with Gasteiger partial charge in [-0.05, 0) is 48.9 Å². The molecule has 136 valence electrons. The van der Waals surface area contributed by atoms with E-state index in [4.69, 9.17) is 21.1 Å². The number of carbonyl (C=O) groups excluding carboxylic acids is 2. The van der Waals surface area contributed by atoms with Crippen molar-refractivity contribution in [1.82, 2.24) is 0 Å². The van der Waals surface area contributed by atoms with Crippen LogP contribution in [0.15, 0.2) is 48.5 Å². The second-order valence-electron chi connectivity index (χ2n) is 5.30. The molecule has 2 aromatic rings. The van der Waals surface area contributed by atoms with Crippen LogP contribution in [0, 0.1) is 5.82 Å². The number of amides is 1. The van der Waals surface area contributed by atoms with Crippen molar-refractivity contribution in [1.29, 1.82) is 0 Å². The average molecular weight is 378 g/mol. The Balaban J connectivity index is 1.95. The Morgan fingerprint density at radius 1 is 1.19 bits per heavy atom. The van der Waals surface area contributed by atoms with Crippen LogP contribution in [0.2, 0.25) is 5.02 Å². The third-order valence-corrected chi connectivity index (χ3v) is 3.60. The van der Waals surface area contributed by atoms with E-state index in [-0.39, 0.29) is 5.82 Å². The minimum atomic E-state index is -1.04.